The van der Waals surface area contributed by atoms with Gasteiger partial charge in [-0.3, -0.25) is 0 Å². The van der Waals surface area contributed by atoms with Crippen molar-refractivity contribution in [2.45, 2.75) is 52.0 Å². The van der Waals surface area contributed by atoms with Gasteiger partial charge in [0.2, 0.25) is 0 Å². The number of esters is 1. The Hall–Kier alpha value is -1.35. The van der Waals surface area contributed by atoms with Crippen molar-refractivity contribution in [3.63, 3.8) is 0 Å². The van der Waals surface area contributed by atoms with Crippen LogP contribution in [-0.2, 0) is 17.6 Å². The molecule has 1 atom stereocenters. The molecular formula is C18H27NO2. The number of methoxy groups -OCH3 is 1. The van der Waals surface area contributed by atoms with E-state index in [0.717, 1.165) is 31.5 Å². The second kappa shape index (κ2) is 7.60. The van der Waals surface area contributed by atoms with Crippen molar-refractivity contribution in [1.82, 2.24) is 4.90 Å². The zero-order valence-corrected chi connectivity index (χ0v) is 13.5. The predicted octanol–water partition coefficient (Wildman–Crippen LogP) is 3.45. The Labute approximate surface area is 128 Å². The van der Waals surface area contributed by atoms with Crippen LogP contribution in [0.4, 0.5) is 0 Å². The number of hydrogen-bond donors (Lipinski definition) is 0. The standard InChI is InChI=1S/C18H27NO2/c1-4-11-19(12-5-2)15-10-9-14-7-6-8-16(17(14)13-15)18(20)21-3/h6-8,15H,4-5,9-13H2,1-3H3/t15-/m1/s1. The number of aryl methyl sites for hydroxylation is 1. The van der Waals surface area contributed by atoms with Crippen LogP contribution in [-0.4, -0.2) is 37.1 Å². The van der Waals surface area contributed by atoms with Crippen molar-refractivity contribution in [1.29, 1.82) is 0 Å². The van der Waals surface area contributed by atoms with Crippen molar-refractivity contribution in [3.8, 4) is 0 Å². The first-order valence-electron chi connectivity index (χ1n) is 8.14. The third-order valence-electron chi connectivity index (χ3n) is 4.40. The van der Waals surface area contributed by atoms with Crippen LogP contribution in [0.5, 0.6) is 0 Å². The largest absolute Gasteiger partial charge is 0.465 e. The predicted molar refractivity (Wildman–Crippen MR) is 85.7 cm³/mol. The number of nitrogens with zero attached hydrogens (tertiary/aromatic N) is 1. The van der Waals surface area contributed by atoms with Crippen molar-refractivity contribution in [2.24, 2.45) is 0 Å². The molecule has 0 fully saturated rings. The molecule has 1 aliphatic rings. The second-order valence-electron chi connectivity index (χ2n) is 5.87. The fraction of sp³-hybridized carbons (Fsp3) is 0.611. The van der Waals surface area contributed by atoms with Gasteiger partial charge in [-0.15, -0.1) is 0 Å². The molecule has 116 valence electrons. The maximum atomic E-state index is 12.0. The highest BCUT2D eigenvalue weighted by Crippen LogP contribution is 2.28. The van der Waals surface area contributed by atoms with Crippen molar-refractivity contribution in [2.75, 3.05) is 20.2 Å². The first kappa shape index (κ1) is 16.0. The van der Waals surface area contributed by atoms with Crippen LogP contribution in [0.15, 0.2) is 18.2 Å². The number of rotatable bonds is 6. The molecule has 0 aromatic heterocycles. The van der Waals surface area contributed by atoms with Gasteiger partial charge in [0.1, 0.15) is 0 Å². The van der Waals surface area contributed by atoms with Gasteiger partial charge in [0.25, 0.3) is 0 Å². The number of carbonyl (C=O) groups excluding carboxylic acids is 1. The maximum absolute atomic E-state index is 12.0. The van der Waals surface area contributed by atoms with Crippen LogP contribution in [0, 0.1) is 0 Å². The molecule has 0 radical (unpaired) electrons. The Bertz CT molecular complexity index is 478. The molecule has 1 aliphatic carbocycles. The molecule has 0 unspecified atom stereocenters. The van der Waals surface area contributed by atoms with Crippen molar-refractivity contribution in [3.05, 3.63) is 34.9 Å². The summed E-state index contributed by atoms with van der Waals surface area (Å²) in [5, 5.41) is 0. The second-order valence-corrected chi connectivity index (χ2v) is 5.87. The number of hydrogen-bond acceptors (Lipinski definition) is 3. The van der Waals surface area contributed by atoms with Gasteiger partial charge in [-0.25, -0.2) is 4.79 Å². The van der Waals surface area contributed by atoms with E-state index in [1.54, 1.807) is 0 Å². The van der Waals surface area contributed by atoms with E-state index in [4.69, 9.17) is 4.74 Å². The lowest BCUT2D eigenvalue weighted by Gasteiger charge is -2.35. The highest BCUT2D eigenvalue weighted by atomic mass is 16.5. The SMILES string of the molecule is CCCN(CCC)[C@@H]1CCc2cccc(C(=O)OC)c2C1. The van der Waals surface area contributed by atoms with Gasteiger partial charge >= 0.3 is 5.97 Å². The summed E-state index contributed by atoms with van der Waals surface area (Å²) < 4.78 is 4.94. The van der Waals surface area contributed by atoms with E-state index in [9.17, 15) is 4.79 Å². The van der Waals surface area contributed by atoms with E-state index >= 15 is 0 Å². The minimum Gasteiger partial charge on any atom is -0.465 e. The van der Waals surface area contributed by atoms with Gasteiger partial charge < -0.3 is 9.64 Å². The fourth-order valence-electron chi connectivity index (χ4n) is 3.43. The first-order valence-corrected chi connectivity index (χ1v) is 8.14. The monoisotopic (exact) mass is 289 g/mol. The van der Waals surface area contributed by atoms with Crippen LogP contribution in [0.25, 0.3) is 0 Å². The van der Waals surface area contributed by atoms with Crippen molar-refractivity contribution >= 4 is 5.97 Å². The highest BCUT2D eigenvalue weighted by Gasteiger charge is 2.26. The third-order valence-corrected chi connectivity index (χ3v) is 4.40. The Morgan fingerprint density at radius 1 is 1.29 bits per heavy atom. The fourth-order valence-corrected chi connectivity index (χ4v) is 3.43. The topological polar surface area (TPSA) is 29.5 Å². The number of fused-ring (bicyclic) bond motifs is 1. The highest BCUT2D eigenvalue weighted by molar-refractivity contribution is 5.91. The average molecular weight is 289 g/mol. The maximum Gasteiger partial charge on any atom is 0.338 e. The molecule has 1 aromatic rings. The molecule has 0 heterocycles. The van der Waals surface area contributed by atoms with E-state index < -0.39 is 0 Å². The lowest BCUT2D eigenvalue weighted by molar-refractivity contribution is 0.0598. The smallest absolute Gasteiger partial charge is 0.338 e. The molecule has 21 heavy (non-hydrogen) atoms. The summed E-state index contributed by atoms with van der Waals surface area (Å²) >= 11 is 0. The third kappa shape index (κ3) is 3.65. The average Bonchev–Trinajstić information content (AvgIpc) is 2.53. The Morgan fingerprint density at radius 3 is 2.62 bits per heavy atom. The summed E-state index contributed by atoms with van der Waals surface area (Å²) in [4.78, 5) is 14.6. The Kier molecular flexibility index (Phi) is 5.80. The molecule has 1 aromatic carbocycles. The molecule has 3 nitrogen and oxygen atoms in total. The molecule has 0 saturated heterocycles. The van der Waals surface area contributed by atoms with E-state index in [0.29, 0.717) is 6.04 Å². The van der Waals surface area contributed by atoms with Gasteiger partial charge in [0, 0.05) is 6.04 Å². The van der Waals surface area contributed by atoms with E-state index in [2.05, 4.69) is 24.8 Å². The molecule has 0 aliphatic heterocycles. The van der Waals surface area contributed by atoms with Crippen LogP contribution >= 0.6 is 0 Å². The summed E-state index contributed by atoms with van der Waals surface area (Å²) in [7, 11) is 1.46. The Balaban J connectivity index is 2.23. The summed E-state index contributed by atoms with van der Waals surface area (Å²) in [5.41, 5.74) is 3.28. The van der Waals surface area contributed by atoms with E-state index in [-0.39, 0.29) is 5.97 Å². The molecule has 2 rings (SSSR count). The zero-order chi connectivity index (χ0) is 15.2. The van der Waals surface area contributed by atoms with Crippen LogP contribution in [0.1, 0.15) is 54.6 Å². The number of benzene rings is 1. The van der Waals surface area contributed by atoms with Gasteiger partial charge in [0.05, 0.1) is 12.7 Å². The molecule has 0 saturated carbocycles. The first-order chi connectivity index (χ1) is 10.2. The summed E-state index contributed by atoms with van der Waals surface area (Å²) in [5.74, 6) is -0.204. The van der Waals surface area contributed by atoms with E-state index in [1.807, 2.05) is 12.1 Å². The quantitative estimate of drug-likeness (QED) is 0.751. The van der Waals surface area contributed by atoms with Crippen LogP contribution in [0.3, 0.4) is 0 Å². The van der Waals surface area contributed by atoms with Gasteiger partial charge in [-0.1, -0.05) is 26.0 Å². The summed E-state index contributed by atoms with van der Waals surface area (Å²) in [6.45, 7) is 6.76. The van der Waals surface area contributed by atoms with Gasteiger partial charge in [0.15, 0.2) is 0 Å². The molecule has 3 heteroatoms. The lowest BCUT2D eigenvalue weighted by atomic mass is 9.84. The molecule has 0 spiro atoms. The van der Waals surface area contributed by atoms with Gasteiger partial charge in [-0.05, 0) is 62.4 Å². The minimum absolute atomic E-state index is 0.204. The van der Waals surface area contributed by atoms with Crippen LogP contribution < -0.4 is 0 Å². The number of ether oxygens (including phenoxy) is 1. The molecule has 0 amide bonds. The molecule has 0 bridgehead atoms. The lowest BCUT2D eigenvalue weighted by Crippen LogP contribution is -2.40. The zero-order valence-electron chi connectivity index (χ0n) is 13.5. The van der Waals surface area contributed by atoms with Gasteiger partial charge in [-0.2, -0.15) is 0 Å². The number of carbonyl (C=O) groups is 1. The summed E-state index contributed by atoms with van der Waals surface area (Å²) in [6, 6.07) is 6.59. The normalized spacial score (nSPS) is 17.6. The molecular weight excluding hydrogens is 262 g/mol. The molecule has 0 N–H and O–H groups in total. The van der Waals surface area contributed by atoms with Crippen molar-refractivity contribution < 1.29 is 9.53 Å². The van der Waals surface area contributed by atoms with Crippen LogP contribution in [0.2, 0.25) is 0 Å². The Morgan fingerprint density at radius 2 is 2.00 bits per heavy atom. The minimum atomic E-state index is -0.204. The van der Waals surface area contributed by atoms with E-state index in [1.165, 1.54) is 37.5 Å². The summed E-state index contributed by atoms with van der Waals surface area (Å²) in [6.07, 6.45) is 5.59.